The van der Waals surface area contributed by atoms with Gasteiger partial charge in [-0.2, -0.15) is 13.2 Å². The molecule has 23 heavy (non-hydrogen) atoms. The van der Waals surface area contributed by atoms with Crippen molar-refractivity contribution >= 4 is 5.91 Å². The lowest BCUT2D eigenvalue weighted by molar-refractivity contribution is -0.137. The van der Waals surface area contributed by atoms with Crippen LogP contribution in [0.15, 0.2) is 36.7 Å². The Bertz CT molecular complexity index is 695. The van der Waals surface area contributed by atoms with E-state index in [4.69, 9.17) is 4.74 Å². The maximum Gasteiger partial charge on any atom is 0.416 e. The van der Waals surface area contributed by atoms with Gasteiger partial charge in [0.05, 0.1) is 18.2 Å². The van der Waals surface area contributed by atoms with Crippen LogP contribution in [0.4, 0.5) is 13.2 Å². The number of imidazole rings is 1. The van der Waals surface area contributed by atoms with E-state index in [2.05, 4.69) is 10.3 Å². The van der Waals surface area contributed by atoms with Crippen LogP contribution in [0.1, 0.15) is 21.7 Å². The zero-order valence-corrected chi connectivity index (χ0v) is 12.0. The van der Waals surface area contributed by atoms with Crippen LogP contribution >= 0.6 is 0 Å². The maximum absolute atomic E-state index is 12.5. The van der Waals surface area contributed by atoms with Crippen molar-refractivity contribution in [2.45, 2.75) is 25.4 Å². The molecule has 0 saturated heterocycles. The Labute approximate surface area is 130 Å². The first-order valence-electron chi connectivity index (χ1n) is 7.00. The highest BCUT2D eigenvalue weighted by Gasteiger charge is 2.30. The topological polar surface area (TPSA) is 56.2 Å². The summed E-state index contributed by atoms with van der Waals surface area (Å²) in [4.78, 5) is 16.1. The van der Waals surface area contributed by atoms with Crippen LogP contribution in [0.3, 0.4) is 0 Å². The van der Waals surface area contributed by atoms with Gasteiger partial charge in [-0.1, -0.05) is 0 Å². The third kappa shape index (κ3) is 3.53. The van der Waals surface area contributed by atoms with Crippen molar-refractivity contribution in [3.8, 4) is 0 Å². The largest absolute Gasteiger partial charge is 0.416 e. The molecule has 3 rings (SSSR count). The van der Waals surface area contributed by atoms with Gasteiger partial charge in [-0.25, -0.2) is 4.98 Å². The van der Waals surface area contributed by atoms with E-state index in [0.717, 1.165) is 30.1 Å². The SMILES string of the molecule is O=C(NCC1Cn2ccnc2CO1)c1ccc(C(F)(F)F)cc1. The summed E-state index contributed by atoms with van der Waals surface area (Å²) in [6, 6.07) is 4.11. The van der Waals surface area contributed by atoms with Crippen molar-refractivity contribution in [1.29, 1.82) is 0 Å². The van der Waals surface area contributed by atoms with Crippen LogP contribution in [-0.4, -0.2) is 28.1 Å². The van der Waals surface area contributed by atoms with Gasteiger partial charge in [0.1, 0.15) is 12.4 Å². The van der Waals surface area contributed by atoms with E-state index in [-0.39, 0.29) is 18.2 Å². The quantitative estimate of drug-likeness (QED) is 0.941. The van der Waals surface area contributed by atoms with Crippen LogP contribution < -0.4 is 5.32 Å². The smallest absolute Gasteiger partial charge is 0.367 e. The number of aromatic nitrogens is 2. The second kappa shape index (κ2) is 6.04. The van der Waals surface area contributed by atoms with E-state index in [0.29, 0.717) is 13.2 Å². The molecule has 1 N–H and O–H groups in total. The van der Waals surface area contributed by atoms with Crippen LogP contribution in [0.5, 0.6) is 0 Å². The average Bonchev–Trinajstić information content (AvgIpc) is 2.99. The number of hydrogen-bond donors (Lipinski definition) is 1. The van der Waals surface area contributed by atoms with Gasteiger partial charge < -0.3 is 14.6 Å². The summed E-state index contributed by atoms with van der Waals surface area (Å²) in [5, 5.41) is 2.67. The van der Waals surface area contributed by atoms with E-state index in [9.17, 15) is 18.0 Å². The van der Waals surface area contributed by atoms with Crippen molar-refractivity contribution in [2.24, 2.45) is 0 Å². The molecular formula is C15H14F3N3O2. The lowest BCUT2D eigenvalue weighted by atomic mass is 10.1. The lowest BCUT2D eigenvalue weighted by Crippen LogP contribution is -2.38. The number of fused-ring (bicyclic) bond motifs is 1. The molecule has 0 saturated carbocycles. The minimum absolute atomic E-state index is 0.178. The third-order valence-corrected chi connectivity index (χ3v) is 3.61. The number of halogens is 3. The van der Waals surface area contributed by atoms with E-state index in [1.54, 1.807) is 6.20 Å². The van der Waals surface area contributed by atoms with Gasteiger partial charge in [0.25, 0.3) is 5.91 Å². The van der Waals surface area contributed by atoms with Crippen molar-refractivity contribution in [1.82, 2.24) is 14.9 Å². The highest BCUT2D eigenvalue weighted by molar-refractivity contribution is 5.94. The van der Waals surface area contributed by atoms with Gasteiger partial charge in [-0.3, -0.25) is 4.79 Å². The first kappa shape index (κ1) is 15.5. The van der Waals surface area contributed by atoms with Crippen molar-refractivity contribution in [3.63, 3.8) is 0 Å². The Morgan fingerprint density at radius 2 is 2.09 bits per heavy atom. The van der Waals surface area contributed by atoms with Gasteiger partial charge in [-0.15, -0.1) is 0 Å². The average molecular weight is 325 g/mol. The van der Waals surface area contributed by atoms with Gasteiger partial charge in [0.2, 0.25) is 0 Å². The van der Waals surface area contributed by atoms with Gasteiger partial charge >= 0.3 is 6.18 Å². The van der Waals surface area contributed by atoms with Gasteiger partial charge in [-0.05, 0) is 24.3 Å². The summed E-state index contributed by atoms with van der Waals surface area (Å²) in [5.41, 5.74) is -0.602. The molecule has 122 valence electrons. The third-order valence-electron chi connectivity index (χ3n) is 3.61. The van der Waals surface area contributed by atoms with Crippen molar-refractivity contribution in [2.75, 3.05) is 6.54 Å². The summed E-state index contributed by atoms with van der Waals surface area (Å²) in [5.74, 6) is 0.397. The predicted molar refractivity (Wildman–Crippen MR) is 74.6 cm³/mol. The standard InChI is InChI=1S/C15H14F3N3O2/c16-15(17,18)11-3-1-10(2-4-11)14(22)20-7-12-8-21-6-5-19-13(21)9-23-12/h1-6,12H,7-9H2,(H,20,22). The fourth-order valence-corrected chi connectivity index (χ4v) is 2.35. The normalized spacial score (nSPS) is 17.6. The number of amides is 1. The van der Waals surface area contributed by atoms with Crippen LogP contribution in [0.25, 0.3) is 0 Å². The Kier molecular flexibility index (Phi) is 4.08. The number of alkyl halides is 3. The molecule has 1 aromatic heterocycles. The molecule has 1 aliphatic rings. The molecular weight excluding hydrogens is 311 g/mol. The number of benzene rings is 1. The molecule has 8 heteroatoms. The fourth-order valence-electron chi connectivity index (χ4n) is 2.35. The first-order chi connectivity index (χ1) is 10.9. The molecule has 1 aliphatic heterocycles. The Balaban J connectivity index is 1.56. The summed E-state index contributed by atoms with van der Waals surface area (Å²) in [6.07, 6.45) is -1.09. The molecule has 0 spiro atoms. The number of ether oxygens (including phenoxy) is 1. The Morgan fingerprint density at radius 1 is 1.35 bits per heavy atom. The number of hydrogen-bond acceptors (Lipinski definition) is 3. The zero-order chi connectivity index (χ0) is 16.4. The summed E-state index contributed by atoms with van der Waals surface area (Å²) < 4.78 is 45.0. The molecule has 0 bridgehead atoms. The van der Waals surface area contributed by atoms with E-state index in [1.807, 2.05) is 10.8 Å². The van der Waals surface area contributed by atoms with Crippen LogP contribution in [-0.2, 0) is 24.1 Å². The Morgan fingerprint density at radius 3 is 2.78 bits per heavy atom. The molecule has 0 aliphatic carbocycles. The highest BCUT2D eigenvalue weighted by Crippen LogP contribution is 2.29. The van der Waals surface area contributed by atoms with Gasteiger partial charge in [0, 0.05) is 24.5 Å². The van der Waals surface area contributed by atoms with E-state index >= 15 is 0 Å². The molecule has 1 aromatic carbocycles. The molecule has 0 radical (unpaired) electrons. The Hall–Kier alpha value is -2.35. The molecule has 1 amide bonds. The lowest BCUT2D eigenvalue weighted by Gasteiger charge is -2.24. The molecule has 1 unspecified atom stereocenters. The summed E-state index contributed by atoms with van der Waals surface area (Å²) >= 11 is 0. The second-order valence-corrected chi connectivity index (χ2v) is 5.21. The van der Waals surface area contributed by atoms with Crippen LogP contribution in [0.2, 0.25) is 0 Å². The second-order valence-electron chi connectivity index (χ2n) is 5.21. The van der Waals surface area contributed by atoms with Crippen LogP contribution in [0, 0.1) is 0 Å². The zero-order valence-electron chi connectivity index (χ0n) is 12.0. The van der Waals surface area contributed by atoms with Crippen molar-refractivity contribution < 1.29 is 22.7 Å². The maximum atomic E-state index is 12.5. The molecule has 1 atom stereocenters. The number of rotatable bonds is 3. The molecule has 5 nitrogen and oxygen atoms in total. The molecule has 0 fully saturated rings. The molecule has 2 heterocycles. The number of carbonyl (C=O) groups excluding carboxylic acids is 1. The molecule has 2 aromatic rings. The summed E-state index contributed by atoms with van der Waals surface area (Å²) in [7, 11) is 0. The van der Waals surface area contributed by atoms with Gasteiger partial charge in [0.15, 0.2) is 0 Å². The number of carbonyl (C=O) groups is 1. The first-order valence-corrected chi connectivity index (χ1v) is 7.00. The van der Waals surface area contributed by atoms with E-state index in [1.165, 1.54) is 0 Å². The monoisotopic (exact) mass is 325 g/mol. The number of nitrogens with one attached hydrogen (secondary N) is 1. The van der Waals surface area contributed by atoms with E-state index < -0.39 is 17.6 Å². The van der Waals surface area contributed by atoms with Crippen molar-refractivity contribution in [3.05, 3.63) is 53.6 Å². The minimum Gasteiger partial charge on any atom is -0.367 e. The predicted octanol–water partition coefficient (Wildman–Crippen LogP) is 2.23. The highest BCUT2D eigenvalue weighted by atomic mass is 19.4. The minimum atomic E-state index is -4.41. The fraction of sp³-hybridized carbons (Fsp3) is 0.333. The number of nitrogens with zero attached hydrogens (tertiary/aromatic N) is 2. The summed E-state index contributed by atoms with van der Waals surface area (Å²) in [6.45, 7) is 1.22.